The van der Waals surface area contributed by atoms with Gasteiger partial charge in [-0.15, -0.1) is 0 Å². The number of benzene rings is 1. The molecule has 2 aromatic rings. The van der Waals surface area contributed by atoms with Crippen LogP contribution in [0.25, 0.3) is 11.3 Å². The molecule has 1 unspecified atom stereocenters. The van der Waals surface area contributed by atoms with Crippen molar-refractivity contribution in [2.24, 2.45) is 0 Å². The number of nitrogens with one attached hydrogen (secondary N) is 2. The second kappa shape index (κ2) is 6.17. The molecule has 0 saturated carbocycles. The van der Waals surface area contributed by atoms with Crippen LogP contribution in [-0.2, 0) is 0 Å². The molecule has 1 atom stereocenters. The Kier molecular flexibility index (Phi) is 4.49. The highest BCUT2D eigenvalue weighted by Crippen LogP contribution is 2.23. The van der Waals surface area contributed by atoms with Crippen molar-refractivity contribution in [1.82, 2.24) is 15.6 Å². The third kappa shape index (κ3) is 4.31. The lowest BCUT2D eigenvalue weighted by Gasteiger charge is -2.22. The van der Waals surface area contributed by atoms with Gasteiger partial charge in [0.15, 0.2) is 5.76 Å². The van der Waals surface area contributed by atoms with Crippen LogP contribution in [0.15, 0.2) is 34.9 Å². The van der Waals surface area contributed by atoms with Crippen LogP contribution in [0.2, 0.25) is 0 Å². The molecule has 1 aromatic heterocycles. The first kappa shape index (κ1) is 16.0. The summed E-state index contributed by atoms with van der Waals surface area (Å²) in [4.78, 5) is 16.0. The van der Waals surface area contributed by atoms with E-state index in [4.69, 9.17) is 4.42 Å². The second-order valence-corrected chi connectivity index (χ2v) is 6.14. The van der Waals surface area contributed by atoms with Crippen molar-refractivity contribution in [3.63, 3.8) is 0 Å². The summed E-state index contributed by atoms with van der Waals surface area (Å²) in [6, 6.07) is 5.28. The van der Waals surface area contributed by atoms with E-state index in [2.05, 4.69) is 15.6 Å². The summed E-state index contributed by atoms with van der Waals surface area (Å²) in [7, 11) is 0. The molecule has 1 heterocycles. The molecule has 2 rings (SSSR count). The van der Waals surface area contributed by atoms with Crippen molar-refractivity contribution in [2.75, 3.05) is 0 Å². The molecule has 0 fully saturated rings. The fourth-order valence-corrected chi connectivity index (χ4v) is 1.87. The van der Waals surface area contributed by atoms with E-state index in [0.29, 0.717) is 11.7 Å². The summed E-state index contributed by atoms with van der Waals surface area (Å²) in [6.07, 6.45) is 1.56. The van der Waals surface area contributed by atoms with Crippen molar-refractivity contribution < 1.29 is 13.6 Å². The highest BCUT2D eigenvalue weighted by Gasteiger charge is 2.19. The van der Waals surface area contributed by atoms with Crippen LogP contribution in [0.4, 0.5) is 9.18 Å². The van der Waals surface area contributed by atoms with Gasteiger partial charge in [0.25, 0.3) is 0 Å². The molecule has 0 bridgehead atoms. The summed E-state index contributed by atoms with van der Waals surface area (Å²) >= 11 is 0. The molecule has 1 aromatic carbocycles. The number of amides is 2. The normalized spacial score (nSPS) is 12.8. The van der Waals surface area contributed by atoms with Crippen molar-refractivity contribution in [3.8, 4) is 11.3 Å². The lowest BCUT2D eigenvalue weighted by Crippen LogP contribution is -2.47. The predicted molar refractivity (Wildman–Crippen MR) is 81.7 cm³/mol. The average molecular weight is 305 g/mol. The van der Waals surface area contributed by atoms with E-state index in [1.165, 1.54) is 12.1 Å². The number of nitrogens with zero attached hydrogens (tertiary/aromatic N) is 1. The van der Waals surface area contributed by atoms with E-state index in [9.17, 15) is 9.18 Å². The van der Waals surface area contributed by atoms with Crippen LogP contribution in [0.5, 0.6) is 0 Å². The Morgan fingerprint density at radius 3 is 2.50 bits per heavy atom. The van der Waals surface area contributed by atoms with E-state index in [-0.39, 0.29) is 23.4 Å². The van der Waals surface area contributed by atoms with Crippen LogP contribution in [0.3, 0.4) is 0 Å². The number of halogens is 1. The highest BCUT2D eigenvalue weighted by atomic mass is 19.1. The fourth-order valence-electron chi connectivity index (χ4n) is 1.87. The lowest BCUT2D eigenvalue weighted by molar-refractivity contribution is 0.227. The molecule has 2 amide bonds. The van der Waals surface area contributed by atoms with Crippen LogP contribution in [0, 0.1) is 5.82 Å². The Morgan fingerprint density at radius 1 is 1.27 bits per heavy atom. The van der Waals surface area contributed by atoms with Gasteiger partial charge >= 0.3 is 6.03 Å². The number of aromatic nitrogens is 1. The molecule has 22 heavy (non-hydrogen) atoms. The van der Waals surface area contributed by atoms with Crippen LogP contribution >= 0.6 is 0 Å². The van der Waals surface area contributed by atoms with Gasteiger partial charge in [0.05, 0.1) is 6.20 Å². The number of hydrogen-bond acceptors (Lipinski definition) is 3. The first-order valence-electron chi connectivity index (χ1n) is 7.05. The van der Waals surface area contributed by atoms with Gasteiger partial charge in [-0.1, -0.05) is 0 Å². The van der Waals surface area contributed by atoms with E-state index in [1.807, 2.05) is 20.8 Å². The standard InChI is InChI=1S/C16H20FN3O2/c1-10(19-15(21)20-16(2,3)4)14-18-9-13(22-14)11-5-7-12(17)8-6-11/h5-10H,1-4H3,(H2,19,20,21). The zero-order valence-electron chi connectivity index (χ0n) is 13.1. The Hall–Kier alpha value is -2.37. The van der Waals surface area contributed by atoms with Gasteiger partial charge in [0.1, 0.15) is 11.9 Å². The molecule has 0 aliphatic rings. The minimum absolute atomic E-state index is 0.290. The van der Waals surface area contributed by atoms with Crippen LogP contribution in [0.1, 0.15) is 39.6 Å². The minimum atomic E-state index is -0.378. The maximum Gasteiger partial charge on any atom is 0.315 e. The molecular weight excluding hydrogens is 285 g/mol. The molecule has 0 saturated heterocycles. The molecule has 6 heteroatoms. The van der Waals surface area contributed by atoms with Gasteiger partial charge in [-0.25, -0.2) is 14.2 Å². The Labute approximate surface area is 128 Å². The number of carbonyl (C=O) groups is 1. The Bertz CT molecular complexity index is 644. The number of rotatable bonds is 3. The molecule has 2 N–H and O–H groups in total. The lowest BCUT2D eigenvalue weighted by atomic mass is 10.1. The SMILES string of the molecule is CC(NC(=O)NC(C)(C)C)c1ncc(-c2ccc(F)cc2)o1. The van der Waals surface area contributed by atoms with Crippen LogP contribution in [-0.4, -0.2) is 16.6 Å². The summed E-state index contributed by atoms with van der Waals surface area (Å²) in [5, 5.41) is 5.56. The first-order valence-corrected chi connectivity index (χ1v) is 7.05. The highest BCUT2D eigenvalue weighted by molar-refractivity contribution is 5.75. The molecule has 118 valence electrons. The van der Waals surface area contributed by atoms with Gasteiger partial charge in [0, 0.05) is 11.1 Å². The van der Waals surface area contributed by atoms with Gasteiger partial charge in [-0.05, 0) is 52.0 Å². The van der Waals surface area contributed by atoms with Gasteiger partial charge in [0.2, 0.25) is 5.89 Å². The third-order valence-electron chi connectivity index (χ3n) is 2.86. The summed E-state index contributed by atoms with van der Waals surface area (Å²) in [5.74, 6) is 0.612. The Morgan fingerprint density at radius 2 is 1.91 bits per heavy atom. The zero-order valence-corrected chi connectivity index (χ0v) is 13.1. The second-order valence-electron chi connectivity index (χ2n) is 6.14. The van der Waals surface area contributed by atoms with Crippen molar-refractivity contribution in [2.45, 2.75) is 39.3 Å². The quantitative estimate of drug-likeness (QED) is 0.909. The monoisotopic (exact) mass is 305 g/mol. The molecular formula is C16H20FN3O2. The molecule has 5 nitrogen and oxygen atoms in total. The smallest absolute Gasteiger partial charge is 0.315 e. The minimum Gasteiger partial charge on any atom is -0.438 e. The van der Waals surface area contributed by atoms with Gasteiger partial charge < -0.3 is 15.1 Å². The average Bonchev–Trinajstić information content (AvgIpc) is 2.86. The number of urea groups is 1. The maximum atomic E-state index is 12.9. The molecule has 0 spiro atoms. The summed E-state index contributed by atoms with van der Waals surface area (Å²) < 4.78 is 18.5. The first-order chi connectivity index (χ1) is 10.2. The van der Waals surface area contributed by atoms with E-state index < -0.39 is 0 Å². The number of hydrogen-bond donors (Lipinski definition) is 2. The summed E-state index contributed by atoms with van der Waals surface area (Å²) in [6.45, 7) is 7.47. The molecule has 0 radical (unpaired) electrons. The fraction of sp³-hybridized carbons (Fsp3) is 0.375. The Balaban J connectivity index is 2.04. The van der Waals surface area contributed by atoms with E-state index in [0.717, 1.165) is 5.56 Å². The topological polar surface area (TPSA) is 67.2 Å². The molecule has 0 aliphatic heterocycles. The maximum absolute atomic E-state index is 12.9. The predicted octanol–water partition coefficient (Wildman–Crippen LogP) is 3.64. The zero-order chi connectivity index (χ0) is 16.3. The van der Waals surface area contributed by atoms with Crippen molar-refractivity contribution in [1.29, 1.82) is 0 Å². The summed E-state index contributed by atoms with van der Waals surface area (Å²) in [5.41, 5.74) is 0.408. The third-order valence-corrected chi connectivity index (χ3v) is 2.86. The van der Waals surface area contributed by atoms with Crippen molar-refractivity contribution in [3.05, 3.63) is 42.2 Å². The van der Waals surface area contributed by atoms with Crippen LogP contribution < -0.4 is 10.6 Å². The van der Waals surface area contributed by atoms with E-state index >= 15 is 0 Å². The number of oxazole rings is 1. The largest absolute Gasteiger partial charge is 0.438 e. The van der Waals surface area contributed by atoms with E-state index in [1.54, 1.807) is 25.3 Å². The van der Waals surface area contributed by atoms with Crippen molar-refractivity contribution >= 4 is 6.03 Å². The van der Waals surface area contributed by atoms with Gasteiger partial charge in [-0.3, -0.25) is 0 Å². The molecule has 0 aliphatic carbocycles. The number of carbonyl (C=O) groups excluding carboxylic acids is 1. The van der Waals surface area contributed by atoms with Gasteiger partial charge in [-0.2, -0.15) is 0 Å².